The van der Waals surface area contributed by atoms with Crippen molar-refractivity contribution in [1.29, 1.82) is 0 Å². The lowest BCUT2D eigenvalue weighted by Gasteiger charge is -2.42. The Kier molecular flexibility index (Phi) is 6.58. The topological polar surface area (TPSA) is 26.7 Å². The summed E-state index contributed by atoms with van der Waals surface area (Å²) >= 11 is 0. The Balaban J connectivity index is 1.36. The van der Waals surface area contributed by atoms with Crippen molar-refractivity contribution in [2.45, 2.75) is 70.3 Å². The predicted octanol–water partition coefficient (Wildman–Crippen LogP) is 3.13. The van der Waals surface area contributed by atoms with Gasteiger partial charge in [-0.2, -0.15) is 0 Å². The molecule has 0 aromatic carbocycles. The minimum Gasteiger partial charge on any atom is -0.396 e. The second-order valence-electron chi connectivity index (χ2n) is 8.05. The molecule has 0 spiro atoms. The van der Waals surface area contributed by atoms with Crippen LogP contribution in [0.1, 0.15) is 64.2 Å². The van der Waals surface area contributed by atoms with E-state index in [-0.39, 0.29) is 0 Å². The molecule has 0 aromatic heterocycles. The molecule has 1 aliphatic carbocycles. The number of hydrogen-bond acceptors (Lipinski definition) is 3. The van der Waals surface area contributed by atoms with Crippen molar-refractivity contribution in [3.8, 4) is 0 Å². The average molecular weight is 309 g/mol. The van der Waals surface area contributed by atoms with Gasteiger partial charge in [-0.1, -0.05) is 25.7 Å². The van der Waals surface area contributed by atoms with Crippen molar-refractivity contribution in [1.82, 2.24) is 9.80 Å². The van der Waals surface area contributed by atoms with Gasteiger partial charge in [-0.3, -0.25) is 4.90 Å². The molecule has 3 nitrogen and oxygen atoms in total. The van der Waals surface area contributed by atoms with Crippen molar-refractivity contribution in [3.05, 3.63) is 0 Å². The maximum absolute atomic E-state index is 9.29. The lowest BCUT2D eigenvalue weighted by molar-refractivity contribution is 0.0559. The molecule has 1 unspecified atom stereocenters. The summed E-state index contributed by atoms with van der Waals surface area (Å²) in [4.78, 5) is 5.45. The number of aliphatic hydroxyl groups is 1. The standard InChI is InChI=1S/C19H36N2O/c22-16-18-9-13-21(14-10-18)19-8-4-12-20(15-19)11-3-7-17-5-1-2-6-17/h17-19,22H,1-16H2. The summed E-state index contributed by atoms with van der Waals surface area (Å²) in [6.45, 7) is 6.78. The molecule has 3 rings (SSSR count). The smallest absolute Gasteiger partial charge is 0.0460 e. The fourth-order valence-electron chi connectivity index (χ4n) is 4.94. The molecule has 0 aromatic rings. The average Bonchev–Trinajstić information content (AvgIpc) is 3.09. The van der Waals surface area contributed by atoms with Gasteiger partial charge in [0, 0.05) is 19.2 Å². The normalized spacial score (nSPS) is 30.1. The Morgan fingerprint density at radius 1 is 0.818 bits per heavy atom. The van der Waals surface area contributed by atoms with E-state index in [0.29, 0.717) is 12.5 Å². The molecule has 22 heavy (non-hydrogen) atoms. The van der Waals surface area contributed by atoms with Crippen LogP contribution in [0.15, 0.2) is 0 Å². The van der Waals surface area contributed by atoms with Gasteiger partial charge >= 0.3 is 0 Å². The Bertz CT molecular complexity index is 309. The highest BCUT2D eigenvalue weighted by Crippen LogP contribution is 2.29. The minimum atomic E-state index is 0.395. The molecular formula is C19H36N2O. The van der Waals surface area contributed by atoms with Gasteiger partial charge in [0.1, 0.15) is 0 Å². The Morgan fingerprint density at radius 3 is 2.32 bits per heavy atom. The number of piperidine rings is 2. The Morgan fingerprint density at radius 2 is 1.59 bits per heavy atom. The fourth-order valence-corrected chi connectivity index (χ4v) is 4.94. The van der Waals surface area contributed by atoms with Crippen molar-refractivity contribution >= 4 is 0 Å². The van der Waals surface area contributed by atoms with E-state index in [1.165, 1.54) is 96.9 Å². The van der Waals surface area contributed by atoms with Crippen molar-refractivity contribution in [2.75, 3.05) is 39.3 Å². The number of nitrogens with zero attached hydrogens (tertiary/aromatic N) is 2. The minimum absolute atomic E-state index is 0.395. The highest BCUT2D eigenvalue weighted by molar-refractivity contribution is 4.84. The SMILES string of the molecule is OCC1CCN(C2CCCN(CCCC3CCCC3)C2)CC1. The van der Waals surface area contributed by atoms with Crippen LogP contribution >= 0.6 is 0 Å². The summed E-state index contributed by atoms with van der Waals surface area (Å²) < 4.78 is 0. The summed E-state index contributed by atoms with van der Waals surface area (Å²) in [6.07, 6.45) is 14.1. The van der Waals surface area contributed by atoms with Crippen LogP contribution in [-0.4, -0.2) is 60.3 Å². The lowest BCUT2D eigenvalue weighted by Crippen LogP contribution is -2.50. The maximum atomic E-state index is 9.29. The largest absolute Gasteiger partial charge is 0.396 e. The summed E-state index contributed by atoms with van der Waals surface area (Å²) in [5.41, 5.74) is 0. The van der Waals surface area contributed by atoms with Crippen molar-refractivity contribution in [3.63, 3.8) is 0 Å². The van der Waals surface area contributed by atoms with Crippen LogP contribution in [0.2, 0.25) is 0 Å². The maximum Gasteiger partial charge on any atom is 0.0460 e. The second kappa shape index (κ2) is 8.65. The van der Waals surface area contributed by atoms with Crippen LogP contribution in [-0.2, 0) is 0 Å². The molecule has 0 amide bonds. The van der Waals surface area contributed by atoms with E-state index in [0.717, 1.165) is 12.0 Å². The predicted molar refractivity (Wildman–Crippen MR) is 92.0 cm³/mol. The fraction of sp³-hybridized carbons (Fsp3) is 1.00. The third-order valence-electron chi connectivity index (χ3n) is 6.47. The van der Waals surface area contributed by atoms with Gasteiger partial charge in [0.2, 0.25) is 0 Å². The monoisotopic (exact) mass is 308 g/mol. The Hall–Kier alpha value is -0.120. The van der Waals surface area contributed by atoms with Crippen molar-refractivity contribution < 1.29 is 5.11 Å². The quantitative estimate of drug-likeness (QED) is 0.816. The van der Waals surface area contributed by atoms with Crippen LogP contribution in [0.5, 0.6) is 0 Å². The van der Waals surface area contributed by atoms with E-state index >= 15 is 0 Å². The van der Waals surface area contributed by atoms with Crippen LogP contribution in [0.25, 0.3) is 0 Å². The summed E-state index contributed by atoms with van der Waals surface area (Å²) in [5, 5.41) is 9.29. The molecule has 2 heterocycles. The molecule has 0 bridgehead atoms. The number of rotatable bonds is 6. The van der Waals surface area contributed by atoms with Crippen LogP contribution in [0, 0.1) is 11.8 Å². The van der Waals surface area contributed by atoms with Gasteiger partial charge in [-0.15, -0.1) is 0 Å². The molecule has 1 atom stereocenters. The van der Waals surface area contributed by atoms with Gasteiger partial charge in [0.05, 0.1) is 0 Å². The lowest BCUT2D eigenvalue weighted by atomic mass is 9.94. The van der Waals surface area contributed by atoms with Gasteiger partial charge in [-0.25, -0.2) is 0 Å². The molecule has 2 aliphatic heterocycles. The molecule has 0 radical (unpaired) electrons. The van der Waals surface area contributed by atoms with E-state index in [1.54, 1.807) is 0 Å². The van der Waals surface area contributed by atoms with Gasteiger partial charge < -0.3 is 10.0 Å². The second-order valence-corrected chi connectivity index (χ2v) is 8.05. The Labute approximate surface area is 137 Å². The third-order valence-corrected chi connectivity index (χ3v) is 6.47. The first-order valence-electron chi connectivity index (χ1n) is 9.92. The third kappa shape index (κ3) is 4.69. The van der Waals surface area contributed by atoms with E-state index in [2.05, 4.69) is 9.80 Å². The number of hydrogen-bond donors (Lipinski definition) is 1. The van der Waals surface area contributed by atoms with E-state index in [1.807, 2.05) is 0 Å². The molecule has 1 N–H and O–H groups in total. The molecule has 3 heteroatoms. The van der Waals surface area contributed by atoms with Crippen LogP contribution in [0.3, 0.4) is 0 Å². The molecule has 1 saturated carbocycles. The first-order valence-corrected chi connectivity index (χ1v) is 9.92. The van der Waals surface area contributed by atoms with Gasteiger partial charge in [-0.05, 0) is 76.5 Å². The molecule has 128 valence electrons. The number of likely N-dealkylation sites (tertiary alicyclic amines) is 2. The van der Waals surface area contributed by atoms with E-state index in [4.69, 9.17) is 0 Å². The first kappa shape index (κ1) is 16.7. The molecule has 2 saturated heterocycles. The van der Waals surface area contributed by atoms with Crippen LogP contribution in [0.4, 0.5) is 0 Å². The summed E-state index contributed by atoms with van der Waals surface area (Å²) in [7, 11) is 0. The zero-order valence-corrected chi connectivity index (χ0v) is 14.4. The first-order chi connectivity index (χ1) is 10.8. The highest BCUT2D eigenvalue weighted by atomic mass is 16.3. The molecular weight excluding hydrogens is 272 g/mol. The van der Waals surface area contributed by atoms with Gasteiger partial charge in [0.25, 0.3) is 0 Å². The zero-order valence-electron chi connectivity index (χ0n) is 14.4. The zero-order chi connectivity index (χ0) is 15.2. The number of aliphatic hydroxyl groups excluding tert-OH is 1. The van der Waals surface area contributed by atoms with Crippen LogP contribution < -0.4 is 0 Å². The summed E-state index contributed by atoms with van der Waals surface area (Å²) in [5.74, 6) is 1.63. The van der Waals surface area contributed by atoms with Crippen molar-refractivity contribution in [2.24, 2.45) is 11.8 Å². The molecule has 3 fully saturated rings. The van der Waals surface area contributed by atoms with E-state index in [9.17, 15) is 5.11 Å². The highest BCUT2D eigenvalue weighted by Gasteiger charge is 2.28. The summed E-state index contributed by atoms with van der Waals surface area (Å²) in [6, 6.07) is 0.792. The molecule has 3 aliphatic rings. The van der Waals surface area contributed by atoms with Gasteiger partial charge in [0.15, 0.2) is 0 Å². The van der Waals surface area contributed by atoms with E-state index < -0.39 is 0 Å².